The van der Waals surface area contributed by atoms with Gasteiger partial charge in [0.05, 0.1) is 30.1 Å². The van der Waals surface area contributed by atoms with Crippen LogP contribution in [0.15, 0.2) is 41.6 Å². The first-order chi connectivity index (χ1) is 11.8. The number of carbonyl (C=O) groups excluding carboxylic acids is 1. The summed E-state index contributed by atoms with van der Waals surface area (Å²) in [7, 11) is 2.96. The average Bonchev–Trinajstić information content (AvgIpc) is 2.60. The van der Waals surface area contributed by atoms with Gasteiger partial charge in [-0.3, -0.25) is 4.79 Å². The summed E-state index contributed by atoms with van der Waals surface area (Å²) in [5.41, 5.74) is -0.403. The van der Waals surface area contributed by atoms with Crippen molar-refractivity contribution < 1.29 is 27.4 Å². The van der Waals surface area contributed by atoms with E-state index < -0.39 is 17.0 Å². The molecule has 0 amide bonds. The van der Waals surface area contributed by atoms with Crippen LogP contribution in [0.5, 0.6) is 11.5 Å². The zero-order valence-corrected chi connectivity index (χ0v) is 14.6. The Labute approximate surface area is 147 Å². The van der Waals surface area contributed by atoms with E-state index in [4.69, 9.17) is 9.47 Å². The van der Waals surface area contributed by atoms with E-state index >= 15 is 0 Å². The highest BCUT2D eigenvalue weighted by Gasteiger charge is 2.30. The van der Waals surface area contributed by atoms with Crippen LogP contribution in [0.4, 0.5) is 13.2 Å². The summed E-state index contributed by atoms with van der Waals surface area (Å²) < 4.78 is 47.9. The van der Waals surface area contributed by atoms with Crippen LogP contribution in [0.2, 0.25) is 0 Å². The van der Waals surface area contributed by atoms with Crippen molar-refractivity contribution in [2.75, 3.05) is 14.2 Å². The van der Waals surface area contributed by atoms with E-state index in [1.807, 2.05) is 0 Å². The predicted octanol–water partition coefficient (Wildman–Crippen LogP) is 4.48. The Bertz CT molecular complexity index is 748. The number of methoxy groups -OCH3 is 2. The SMILES string of the molecule is COc1ccc(C(=O)[C@@H](C)Sc2ccc(C(F)(F)F)cn2)cc1OC. The molecule has 1 atom stereocenters. The number of halogens is 3. The van der Waals surface area contributed by atoms with Crippen molar-refractivity contribution in [3.8, 4) is 11.5 Å². The number of nitrogens with zero attached hydrogens (tertiary/aromatic N) is 1. The number of pyridine rings is 1. The van der Waals surface area contributed by atoms with Crippen LogP contribution in [-0.2, 0) is 6.18 Å². The summed E-state index contributed by atoms with van der Waals surface area (Å²) in [6.07, 6.45) is -3.67. The highest BCUT2D eigenvalue weighted by Crippen LogP contribution is 2.32. The number of Topliss-reactive ketones (excluding diaryl/α,β-unsaturated/α-hetero) is 1. The second-order valence-electron chi connectivity index (χ2n) is 5.08. The van der Waals surface area contributed by atoms with Gasteiger partial charge < -0.3 is 9.47 Å². The third-order valence-electron chi connectivity index (χ3n) is 3.40. The molecule has 0 aliphatic carbocycles. The van der Waals surface area contributed by atoms with Crippen molar-refractivity contribution >= 4 is 17.5 Å². The van der Waals surface area contributed by atoms with E-state index in [1.54, 1.807) is 25.1 Å². The molecule has 0 bridgehead atoms. The van der Waals surface area contributed by atoms with Crippen LogP contribution in [-0.4, -0.2) is 30.2 Å². The lowest BCUT2D eigenvalue weighted by molar-refractivity contribution is -0.137. The van der Waals surface area contributed by atoms with Crippen LogP contribution in [0.1, 0.15) is 22.8 Å². The Hall–Kier alpha value is -2.22. The molecule has 0 aliphatic rings. The first-order valence-electron chi connectivity index (χ1n) is 7.22. The number of ketones is 1. The fraction of sp³-hybridized carbons (Fsp3) is 0.294. The van der Waals surface area contributed by atoms with Crippen LogP contribution in [0.25, 0.3) is 0 Å². The highest BCUT2D eigenvalue weighted by atomic mass is 32.2. The maximum Gasteiger partial charge on any atom is 0.417 e. The summed E-state index contributed by atoms with van der Waals surface area (Å²) in [6.45, 7) is 1.67. The monoisotopic (exact) mass is 371 g/mol. The Morgan fingerprint density at radius 2 is 1.80 bits per heavy atom. The fourth-order valence-electron chi connectivity index (χ4n) is 2.08. The Balaban J connectivity index is 2.12. The summed E-state index contributed by atoms with van der Waals surface area (Å²) in [5, 5.41) is -0.184. The number of alkyl halides is 3. The largest absolute Gasteiger partial charge is 0.493 e. The van der Waals surface area contributed by atoms with E-state index in [-0.39, 0.29) is 5.78 Å². The normalized spacial score (nSPS) is 12.6. The number of rotatable bonds is 6. The van der Waals surface area contributed by atoms with E-state index in [2.05, 4.69) is 4.98 Å². The molecule has 0 saturated carbocycles. The minimum atomic E-state index is -4.43. The lowest BCUT2D eigenvalue weighted by atomic mass is 10.1. The van der Waals surface area contributed by atoms with Crippen molar-refractivity contribution in [1.29, 1.82) is 0 Å². The maximum atomic E-state index is 12.5. The highest BCUT2D eigenvalue weighted by molar-refractivity contribution is 8.00. The number of thioether (sulfide) groups is 1. The molecule has 1 heterocycles. The number of aromatic nitrogens is 1. The number of ether oxygens (including phenoxy) is 2. The van der Waals surface area contributed by atoms with Crippen LogP contribution >= 0.6 is 11.8 Å². The number of carbonyl (C=O) groups is 1. The number of benzene rings is 1. The molecule has 1 aromatic heterocycles. The Morgan fingerprint density at radius 3 is 2.32 bits per heavy atom. The van der Waals surface area contributed by atoms with E-state index in [0.29, 0.717) is 22.1 Å². The zero-order valence-electron chi connectivity index (χ0n) is 13.8. The molecule has 2 rings (SSSR count). The molecule has 134 valence electrons. The first-order valence-corrected chi connectivity index (χ1v) is 8.10. The molecule has 25 heavy (non-hydrogen) atoms. The van der Waals surface area contributed by atoms with Crippen LogP contribution < -0.4 is 9.47 Å². The van der Waals surface area contributed by atoms with Crippen molar-refractivity contribution in [1.82, 2.24) is 4.98 Å². The van der Waals surface area contributed by atoms with Crippen molar-refractivity contribution in [3.05, 3.63) is 47.7 Å². The molecular weight excluding hydrogens is 355 g/mol. The Kier molecular flexibility index (Phi) is 5.94. The third-order valence-corrected chi connectivity index (χ3v) is 4.45. The van der Waals surface area contributed by atoms with Gasteiger partial charge in [0, 0.05) is 11.8 Å². The van der Waals surface area contributed by atoms with E-state index in [9.17, 15) is 18.0 Å². The summed E-state index contributed by atoms with van der Waals surface area (Å²) in [5.74, 6) is 0.745. The van der Waals surface area contributed by atoms with Crippen molar-refractivity contribution in [3.63, 3.8) is 0 Å². The summed E-state index contributed by atoms with van der Waals surface area (Å²) >= 11 is 1.09. The molecule has 0 N–H and O–H groups in total. The first kappa shape index (κ1) is 19.1. The van der Waals surface area contributed by atoms with Crippen molar-refractivity contribution in [2.45, 2.75) is 23.4 Å². The van der Waals surface area contributed by atoms with Gasteiger partial charge >= 0.3 is 6.18 Å². The summed E-state index contributed by atoms with van der Waals surface area (Å²) in [4.78, 5) is 16.3. The average molecular weight is 371 g/mol. The van der Waals surface area contributed by atoms with E-state index in [0.717, 1.165) is 24.0 Å². The zero-order chi connectivity index (χ0) is 18.6. The van der Waals surface area contributed by atoms with Gasteiger partial charge in [-0.2, -0.15) is 13.2 Å². The fourth-order valence-corrected chi connectivity index (χ4v) is 2.94. The van der Waals surface area contributed by atoms with Gasteiger partial charge in [0.25, 0.3) is 0 Å². The minimum absolute atomic E-state index is 0.187. The lowest BCUT2D eigenvalue weighted by Crippen LogP contribution is -2.14. The third kappa shape index (κ3) is 4.66. The molecule has 0 radical (unpaired) electrons. The topological polar surface area (TPSA) is 48.4 Å². The molecular formula is C17H16F3NO3S. The minimum Gasteiger partial charge on any atom is -0.493 e. The predicted molar refractivity (Wildman–Crippen MR) is 88.4 cm³/mol. The van der Waals surface area contributed by atoms with E-state index in [1.165, 1.54) is 20.3 Å². The second-order valence-corrected chi connectivity index (χ2v) is 6.44. The standard InChI is InChI=1S/C17H16F3NO3S/c1-10(25-15-7-5-12(9-21-15)17(18,19)20)16(22)11-4-6-13(23-2)14(8-11)24-3/h4-10H,1-3H3/t10-/m1/s1. The molecule has 4 nitrogen and oxygen atoms in total. The van der Waals surface area contributed by atoms with Crippen molar-refractivity contribution in [2.24, 2.45) is 0 Å². The molecule has 2 aromatic rings. The molecule has 0 unspecified atom stereocenters. The van der Waals surface area contributed by atoms with Gasteiger partial charge in [0.1, 0.15) is 0 Å². The van der Waals surface area contributed by atoms with Gasteiger partial charge in [-0.1, -0.05) is 11.8 Å². The van der Waals surface area contributed by atoms with Gasteiger partial charge in [0.2, 0.25) is 0 Å². The smallest absolute Gasteiger partial charge is 0.417 e. The molecule has 0 fully saturated rings. The maximum absolute atomic E-state index is 12.5. The summed E-state index contributed by atoms with van der Waals surface area (Å²) in [6, 6.07) is 7.01. The lowest BCUT2D eigenvalue weighted by Gasteiger charge is -2.13. The molecule has 0 spiro atoms. The molecule has 8 heteroatoms. The molecule has 0 aliphatic heterocycles. The molecule has 1 aromatic carbocycles. The molecule has 0 saturated heterocycles. The second kappa shape index (κ2) is 7.77. The van der Waals surface area contributed by atoms with Gasteiger partial charge in [-0.25, -0.2) is 4.98 Å². The number of hydrogen-bond acceptors (Lipinski definition) is 5. The number of hydrogen-bond donors (Lipinski definition) is 0. The Morgan fingerprint density at radius 1 is 1.12 bits per heavy atom. The van der Waals surface area contributed by atoms with Gasteiger partial charge in [-0.05, 0) is 37.3 Å². The van der Waals surface area contributed by atoms with Gasteiger partial charge in [-0.15, -0.1) is 0 Å². The van der Waals surface area contributed by atoms with Gasteiger partial charge in [0.15, 0.2) is 17.3 Å². The quantitative estimate of drug-likeness (QED) is 0.553. The van der Waals surface area contributed by atoms with Crippen LogP contribution in [0, 0.1) is 0 Å². The van der Waals surface area contributed by atoms with Crippen LogP contribution in [0.3, 0.4) is 0 Å².